The second-order valence-electron chi connectivity index (χ2n) is 6.27. The van der Waals surface area contributed by atoms with E-state index < -0.39 is 0 Å². The van der Waals surface area contributed by atoms with E-state index in [2.05, 4.69) is 71.0 Å². The zero-order valence-corrected chi connectivity index (χ0v) is 15.5. The average Bonchev–Trinajstić information content (AvgIpc) is 3.20. The summed E-state index contributed by atoms with van der Waals surface area (Å²) in [7, 11) is 1.79. The van der Waals surface area contributed by atoms with E-state index in [1.807, 2.05) is 29.1 Å². The first-order valence-corrected chi connectivity index (χ1v) is 8.79. The van der Waals surface area contributed by atoms with E-state index in [0.29, 0.717) is 6.54 Å². The highest BCUT2D eigenvalue weighted by Gasteiger charge is 2.09. The highest BCUT2D eigenvalue weighted by molar-refractivity contribution is 5.80. The van der Waals surface area contributed by atoms with Crippen LogP contribution in [0.4, 0.5) is 0 Å². The summed E-state index contributed by atoms with van der Waals surface area (Å²) in [6, 6.07) is 18.8. The number of aliphatic imine (C=N–C) groups is 1. The Balaban J connectivity index is 1.63. The molecule has 0 aliphatic rings. The number of nitrogens with one attached hydrogen (secondary N) is 2. The van der Waals surface area contributed by atoms with Gasteiger partial charge < -0.3 is 10.6 Å². The van der Waals surface area contributed by atoms with Crippen molar-refractivity contribution in [1.82, 2.24) is 20.4 Å². The van der Waals surface area contributed by atoms with Crippen LogP contribution in [0, 0.1) is 6.92 Å². The van der Waals surface area contributed by atoms with Crippen LogP contribution in [-0.4, -0.2) is 22.8 Å². The molecule has 0 bridgehead atoms. The highest BCUT2D eigenvalue weighted by Crippen LogP contribution is 2.16. The molecule has 1 unspecified atom stereocenters. The first kappa shape index (κ1) is 17.7. The summed E-state index contributed by atoms with van der Waals surface area (Å²) in [5.41, 5.74) is 4.76. The number of hydrogen-bond donors (Lipinski definition) is 2. The van der Waals surface area contributed by atoms with Crippen molar-refractivity contribution in [3.05, 3.63) is 83.7 Å². The van der Waals surface area contributed by atoms with Gasteiger partial charge in [-0.05, 0) is 48.7 Å². The van der Waals surface area contributed by atoms with Crippen molar-refractivity contribution in [3.8, 4) is 5.69 Å². The summed E-state index contributed by atoms with van der Waals surface area (Å²) in [6.45, 7) is 4.97. The molecular formula is C21H25N5. The minimum atomic E-state index is 0.179. The van der Waals surface area contributed by atoms with Gasteiger partial charge in [0.2, 0.25) is 0 Å². The molecule has 5 nitrogen and oxygen atoms in total. The zero-order chi connectivity index (χ0) is 18.4. The first-order chi connectivity index (χ1) is 12.7. The van der Waals surface area contributed by atoms with Crippen LogP contribution >= 0.6 is 0 Å². The molecule has 26 heavy (non-hydrogen) atoms. The van der Waals surface area contributed by atoms with E-state index in [4.69, 9.17) is 0 Å². The van der Waals surface area contributed by atoms with Crippen LogP contribution < -0.4 is 10.6 Å². The number of rotatable bonds is 5. The lowest BCUT2D eigenvalue weighted by Crippen LogP contribution is -2.38. The predicted octanol–water partition coefficient (Wildman–Crippen LogP) is 3.61. The van der Waals surface area contributed by atoms with Crippen molar-refractivity contribution < 1.29 is 0 Å². The second-order valence-corrected chi connectivity index (χ2v) is 6.27. The molecule has 0 aliphatic heterocycles. The van der Waals surface area contributed by atoms with Gasteiger partial charge in [-0.25, -0.2) is 4.68 Å². The lowest BCUT2D eigenvalue weighted by molar-refractivity contribution is 0.681. The van der Waals surface area contributed by atoms with Crippen molar-refractivity contribution in [1.29, 1.82) is 0 Å². The van der Waals surface area contributed by atoms with Gasteiger partial charge in [-0.1, -0.05) is 36.4 Å². The van der Waals surface area contributed by atoms with E-state index in [0.717, 1.165) is 11.6 Å². The maximum atomic E-state index is 4.35. The summed E-state index contributed by atoms with van der Waals surface area (Å²) in [5.74, 6) is 0.783. The minimum Gasteiger partial charge on any atom is -0.352 e. The van der Waals surface area contributed by atoms with Gasteiger partial charge in [-0.3, -0.25) is 4.99 Å². The maximum absolute atomic E-state index is 4.35. The summed E-state index contributed by atoms with van der Waals surface area (Å²) in [5, 5.41) is 11.1. The molecule has 0 saturated heterocycles. The Labute approximate surface area is 154 Å². The van der Waals surface area contributed by atoms with Crippen LogP contribution in [0.5, 0.6) is 0 Å². The zero-order valence-electron chi connectivity index (χ0n) is 15.5. The fourth-order valence-corrected chi connectivity index (χ4v) is 2.97. The monoisotopic (exact) mass is 347 g/mol. The Hall–Kier alpha value is -3.08. The number of nitrogens with zero attached hydrogens (tertiary/aromatic N) is 3. The quantitative estimate of drug-likeness (QED) is 0.548. The van der Waals surface area contributed by atoms with Crippen LogP contribution in [-0.2, 0) is 6.54 Å². The fourth-order valence-electron chi connectivity index (χ4n) is 2.97. The molecule has 0 saturated carbocycles. The summed E-state index contributed by atoms with van der Waals surface area (Å²) >= 11 is 0. The van der Waals surface area contributed by atoms with Gasteiger partial charge in [-0.2, -0.15) is 5.10 Å². The number of guanidine groups is 1. The van der Waals surface area contributed by atoms with E-state index >= 15 is 0 Å². The lowest BCUT2D eigenvalue weighted by atomic mass is 10.0. The number of benzene rings is 2. The molecule has 2 aromatic carbocycles. The second kappa shape index (κ2) is 8.34. The van der Waals surface area contributed by atoms with Crippen LogP contribution in [0.1, 0.15) is 29.7 Å². The maximum Gasteiger partial charge on any atom is 0.191 e. The van der Waals surface area contributed by atoms with Gasteiger partial charge >= 0.3 is 0 Å². The molecule has 1 atom stereocenters. The molecule has 1 aromatic heterocycles. The molecule has 0 amide bonds. The summed E-state index contributed by atoms with van der Waals surface area (Å²) in [6.07, 6.45) is 3.72. The molecule has 3 rings (SSSR count). The Kier molecular flexibility index (Phi) is 5.69. The predicted molar refractivity (Wildman–Crippen MR) is 106 cm³/mol. The fraction of sp³-hybridized carbons (Fsp3) is 0.238. The molecule has 1 heterocycles. The smallest absolute Gasteiger partial charge is 0.191 e. The number of hydrogen-bond acceptors (Lipinski definition) is 2. The Morgan fingerprint density at radius 2 is 2.00 bits per heavy atom. The van der Waals surface area contributed by atoms with Crippen LogP contribution in [0.15, 0.2) is 72.0 Å². The van der Waals surface area contributed by atoms with Crippen molar-refractivity contribution in [3.63, 3.8) is 0 Å². The molecule has 0 spiro atoms. The molecule has 0 radical (unpaired) electrons. The third kappa shape index (κ3) is 4.30. The van der Waals surface area contributed by atoms with Gasteiger partial charge in [0, 0.05) is 26.0 Å². The van der Waals surface area contributed by atoms with E-state index in [-0.39, 0.29) is 6.04 Å². The third-order valence-corrected chi connectivity index (χ3v) is 4.37. The number of aromatic nitrogens is 2. The SMILES string of the molecule is CN=C(NCc1cccc(-n2cccn2)c1)NC(C)c1ccccc1C. The average molecular weight is 347 g/mol. The molecule has 134 valence electrons. The highest BCUT2D eigenvalue weighted by atomic mass is 15.3. The molecule has 3 aromatic rings. The van der Waals surface area contributed by atoms with Crippen LogP contribution in [0.3, 0.4) is 0 Å². The van der Waals surface area contributed by atoms with E-state index in [9.17, 15) is 0 Å². The number of aryl methyl sites for hydroxylation is 1. The van der Waals surface area contributed by atoms with Crippen LogP contribution in [0.25, 0.3) is 5.69 Å². The summed E-state index contributed by atoms with van der Waals surface area (Å²) < 4.78 is 1.86. The van der Waals surface area contributed by atoms with Gasteiger partial charge in [0.05, 0.1) is 11.7 Å². The molecule has 0 fully saturated rings. The largest absolute Gasteiger partial charge is 0.352 e. The summed E-state index contributed by atoms with van der Waals surface area (Å²) in [4.78, 5) is 4.35. The van der Waals surface area contributed by atoms with Crippen molar-refractivity contribution in [2.75, 3.05) is 7.05 Å². The molecule has 5 heteroatoms. The first-order valence-electron chi connectivity index (χ1n) is 8.79. The lowest BCUT2D eigenvalue weighted by Gasteiger charge is -2.20. The normalized spacial score (nSPS) is 12.7. The standard InChI is InChI=1S/C21H25N5/c1-16-8-4-5-11-20(16)17(2)25-21(22-3)23-15-18-9-6-10-19(14-18)26-13-7-12-24-26/h4-14,17H,15H2,1-3H3,(H2,22,23,25). The van der Waals surface area contributed by atoms with Gasteiger partial charge in [0.1, 0.15) is 0 Å². The van der Waals surface area contributed by atoms with Gasteiger partial charge in [-0.15, -0.1) is 0 Å². The van der Waals surface area contributed by atoms with Crippen molar-refractivity contribution in [2.24, 2.45) is 4.99 Å². The third-order valence-electron chi connectivity index (χ3n) is 4.37. The topological polar surface area (TPSA) is 54.2 Å². The van der Waals surface area contributed by atoms with E-state index in [1.165, 1.54) is 16.7 Å². The van der Waals surface area contributed by atoms with Crippen molar-refractivity contribution in [2.45, 2.75) is 26.4 Å². The van der Waals surface area contributed by atoms with Gasteiger partial charge in [0.25, 0.3) is 0 Å². The Morgan fingerprint density at radius 3 is 2.73 bits per heavy atom. The Bertz CT molecular complexity index is 868. The molecular weight excluding hydrogens is 322 g/mol. The molecule has 2 N–H and O–H groups in total. The molecule has 0 aliphatic carbocycles. The van der Waals surface area contributed by atoms with E-state index in [1.54, 1.807) is 13.2 Å². The van der Waals surface area contributed by atoms with Gasteiger partial charge in [0.15, 0.2) is 5.96 Å². The van der Waals surface area contributed by atoms with Crippen molar-refractivity contribution >= 4 is 5.96 Å². The Morgan fingerprint density at radius 1 is 1.15 bits per heavy atom. The minimum absolute atomic E-state index is 0.179. The van der Waals surface area contributed by atoms with Crippen LogP contribution in [0.2, 0.25) is 0 Å².